The molecule has 2 atom stereocenters. The molecule has 1 amide bonds. The van der Waals surface area contributed by atoms with Crippen molar-refractivity contribution in [2.24, 2.45) is 0 Å². The fraction of sp³-hybridized carbons (Fsp3) is 0.0870. The Balaban J connectivity index is 1.82. The van der Waals surface area contributed by atoms with Crippen molar-refractivity contribution in [1.29, 1.82) is 0 Å². The van der Waals surface area contributed by atoms with E-state index in [2.05, 4.69) is 11.4 Å². The Labute approximate surface area is 168 Å². The highest BCUT2D eigenvalue weighted by molar-refractivity contribution is 6.30. The van der Waals surface area contributed by atoms with Crippen LogP contribution in [0.2, 0.25) is 10.0 Å². The molecule has 0 fully saturated rings. The predicted octanol–water partition coefficient (Wildman–Crippen LogP) is 6.03. The topological polar surface area (TPSA) is 29.1 Å². The number of amides is 1. The van der Waals surface area contributed by atoms with Gasteiger partial charge in [0.1, 0.15) is 0 Å². The van der Waals surface area contributed by atoms with Gasteiger partial charge >= 0.3 is 0 Å². The van der Waals surface area contributed by atoms with Gasteiger partial charge in [-0.2, -0.15) is 0 Å². The Morgan fingerprint density at radius 3 is 1.85 bits per heavy atom. The standard InChI is InChI=1S/C23H17Cl2NO/c24-18-10-6-15(7-11-18)20-14-21(16-4-2-1-3-5-16)26-23(27)22(20)17-8-12-19(25)13-9-17/h1-14,20,22H,(H,26,27). The Morgan fingerprint density at radius 1 is 0.704 bits per heavy atom. The molecule has 27 heavy (non-hydrogen) atoms. The minimum absolute atomic E-state index is 0.0291. The first-order chi connectivity index (χ1) is 13.1. The minimum atomic E-state index is -0.337. The SMILES string of the molecule is O=C1NC(c2ccccc2)=CC(c2ccc(Cl)cc2)C1c1ccc(Cl)cc1. The molecule has 0 saturated carbocycles. The summed E-state index contributed by atoms with van der Waals surface area (Å²) in [4.78, 5) is 13.1. The second kappa shape index (κ2) is 7.59. The van der Waals surface area contributed by atoms with E-state index in [1.54, 1.807) is 0 Å². The summed E-state index contributed by atoms with van der Waals surface area (Å²) in [7, 11) is 0. The summed E-state index contributed by atoms with van der Waals surface area (Å²) >= 11 is 12.1. The summed E-state index contributed by atoms with van der Waals surface area (Å²) in [5, 5.41) is 4.40. The van der Waals surface area contributed by atoms with Crippen molar-refractivity contribution in [2.75, 3.05) is 0 Å². The number of carbonyl (C=O) groups is 1. The molecule has 4 rings (SSSR count). The van der Waals surface area contributed by atoms with Crippen molar-refractivity contribution in [3.63, 3.8) is 0 Å². The normalized spacial score (nSPS) is 19.3. The van der Waals surface area contributed by atoms with Crippen LogP contribution in [-0.4, -0.2) is 5.91 Å². The summed E-state index contributed by atoms with van der Waals surface area (Å²) in [5.41, 5.74) is 3.79. The molecule has 1 aliphatic rings. The van der Waals surface area contributed by atoms with Crippen LogP contribution in [0.4, 0.5) is 0 Å². The first kappa shape index (κ1) is 17.8. The summed E-state index contributed by atoms with van der Waals surface area (Å²) in [6.45, 7) is 0. The minimum Gasteiger partial charge on any atom is -0.325 e. The maximum absolute atomic E-state index is 13.1. The van der Waals surface area contributed by atoms with E-state index < -0.39 is 0 Å². The molecule has 3 aromatic carbocycles. The van der Waals surface area contributed by atoms with Crippen molar-refractivity contribution < 1.29 is 4.79 Å². The fourth-order valence-electron chi connectivity index (χ4n) is 3.48. The van der Waals surface area contributed by atoms with Gasteiger partial charge in [0.05, 0.1) is 5.92 Å². The maximum Gasteiger partial charge on any atom is 0.232 e. The van der Waals surface area contributed by atoms with Crippen molar-refractivity contribution in [3.05, 3.63) is 112 Å². The van der Waals surface area contributed by atoms with Crippen LogP contribution in [0.25, 0.3) is 5.70 Å². The van der Waals surface area contributed by atoms with Crippen molar-refractivity contribution in [2.45, 2.75) is 11.8 Å². The van der Waals surface area contributed by atoms with Crippen LogP contribution in [0.5, 0.6) is 0 Å². The lowest BCUT2D eigenvalue weighted by atomic mass is 9.78. The van der Waals surface area contributed by atoms with Crippen LogP contribution in [0.1, 0.15) is 28.5 Å². The highest BCUT2D eigenvalue weighted by atomic mass is 35.5. The number of nitrogens with one attached hydrogen (secondary N) is 1. The number of carbonyl (C=O) groups excluding carboxylic acids is 1. The lowest BCUT2D eigenvalue weighted by Crippen LogP contribution is -2.35. The van der Waals surface area contributed by atoms with E-state index in [0.717, 1.165) is 22.4 Å². The molecule has 2 nitrogen and oxygen atoms in total. The highest BCUT2D eigenvalue weighted by Gasteiger charge is 2.34. The molecule has 1 aliphatic heterocycles. The third kappa shape index (κ3) is 3.78. The first-order valence-electron chi connectivity index (χ1n) is 8.71. The molecule has 0 saturated heterocycles. The van der Waals surface area contributed by atoms with E-state index in [1.807, 2.05) is 78.9 Å². The number of hydrogen-bond donors (Lipinski definition) is 1. The Hall–Kier alpha value is -2.55. The van der Waals surface area contributed by atoms with E-state index in [1.165, 1.54) is 0 Å². The molecule has 0 aromatic heterocycles. The third-order valence-corrected chi connectivity index (χ3v) is 5.32. The second-order valence-electron chi connectivity index (χ2n) is 6.54. The van der Waals surface area contributed by atoms with Crippen molar-refractivity contribution in [3.8, 4) is 0 Å². The number of halogens is 2. The largest absolute Gasteiger partial charge is 0.325 e. The molecule has 0 aliphatic carbocycles. The average Bonchev–Trinajstić information content (AvgIpc) is 2.70. The van der Waals surface area contributed by atoms with E-state index >= 15 is 0 Å². The highest BCUT2D eigenvalue weighted by Crippen LogP contribution is 2.40. The molecule has 2 unspecified atom stereocenters. The molecule has 4 heteroatoms. The predicted molar refractivity (Wildman–Crippen MR) is 111 cm³/mol. The average molecular weight is 394 g/mol. The van der Waals surface area contributed by atoms with E-state index in [-0.39, 0.29) is 17.7 Å². The monoisotopic (exact) mass is 393 g/mol. The summed E-state index contributed by atoms with van der Waals surface area (Å²) in [6, 6.07) is 25.0. The summed E-state index contributed by atoms with van der Waals surface area (Å²) in [6.07, 6.45) is 2.12. The van der Waals surface area contributed by atoms with Crippen molar-refractivity contribution >= 4 is 34.8 Å². The van der Waals surface area contributed by atoms with Gasteiger partial charge in [0.15, 0.2) is 0 Å². The number of rotatable bonds is 3. The maximum atomic E-state index is 13.1. The van der Waals surface area contributed by atoms with Crippen LogP contribution < -0.4 is 5.32 Å². The van der Waals surface area contributed by atoms with Gasteiger partial charge in [-0.15, -0.1) is 0 Å². The van der Waals surface area contributed by atoms with Gasteiger partial charge < -0.3 is 5.32 Å². The van der Waals surface area contributed by atoms with E-state index in [0.29, 0.717) is 10.0 Å². The number of benzene rings is 3. The lowest BCUT2D eigenvalue weighted by Gasteiger charge is -2.31. The zero-order valence-electron chi connectivity index (χ0n) is 14.4. The van der Waals surface area contributed by atoms with Crippen molar-refractivity contribution in [1.82, 2.24) is 5.32 Å². The van der Waals surface area contributed by atoms with Gasteiger partial charge in [-0.1, -0.05) is 83.9 Å². The zero-order valence-corrected chi connectivity index (χ0v) is 15.9. The van der Waals surface area contributed by atoms with Crippen LogP contribution in [0.3, 0.4) is 0 Å². The molecule has 0 radical (unpaired) electrons. The summed E-state index contributed by atoms with van der Waals surface area (Å²) in [5.74, 6) is -0.470. The third-order valence-electron chi connectivity index (χ3n) is 4.81. The Bertz CT molecular complexity index is 979. The summed E-state index contributed by atoms with van der Waals surface area (Å²) < 4.78 is 0. The zero-order chi connectivity index (χ0) is 18.8. The van der Waals surface area contributed by atoms with Gasteiger partial charge in [-0.05, 0) is 41.0 Å². The van der Waals surface area contributed by atoms with E-state index in [4.69, 9.17) is 23.2 Å². The van der Waals surface area contributed by atoms with Crippen LogP contribution in [0, 0.1) is 0 Å². The van der Waals surface area contributed by atoms with Gasteiger partial charge in [0.2, 0.25) is 5.91 Å². The second-order valence-corrected chi connectivity index (χ2v) is 7.42. The molecule has 0 bridgehead atoms. The van der Waals surface area contributed by atoms with Gasteiger partial charge in [0.25, 0.3) is 0 Å². The fourth-order valence-corrected chi connectivity index (χ4v) is 3.73. The lowest BCUT2D eigenvalue weighted by molar-refractivity contribution is -0.122. The molecule has 1 N–H and O–H groups in total. The molecule has 134 valence electrons. The number of allylic oxidation sites excluding steroid dienone is 1. The van der Waals surface area contributed by atoms with Crippen LogP contribution in [-0.2, 0) is 4.79 Å². The Kier molecular flexibility index (Phi) is 5.02. The molecule has 3 aromatic rings. The molecule has 1 heterocycles. The van der Waals surface area contributed by atoms with Gasteiger partial charge in [-0.25, -0.2) is 0 Å². The smallest absolute Gasteiger partial charge is 0.232 e. The van der Waals surface area contributed by atoms with Crippen LogP contribution in [0.15, 0.2) is 84.9 Å². The quantitative estimate of drug-likeness (QED) is 0.577. The Morgan fingerprint density at radius 2 is 1.26 bits per heavy atom. The molecular formula is C23H17Cl2NO. The number of hydrogen-bond acceptors (Lipinski definition) is 1. The molecular weight excluding hydrogens is 377 g/mol. The van der Waals surface area contributed by atoms with Gasteiger partial charge in [0, 0.05) is 21.7 Å². The molecule has 0 spiro atoms. The van der Waals surface area contributed by atoms with E-state index in [9.17, 15) is 4.79 Å². The van der Waals surface area contributed by atoms with Crippen LogP contribution >= 0.6 is 23.2 Å². The first-order valence-corrected chi connectivity index (χ1v) is 9.46. The van der Waals surface area contributed by atoms with Gasteiger partial charge in [-0.3, -0.25) is 4.79 Å².